The standard InChI is InChI=1S/C11H18O4/c1-9(2)11(14)15-8-10(13)6-4-3-5-7-12/h12H,1,3-8H2,2H3. The SMILES string of the molecule is C=C(C)C(=O)OCC(=O)CCCCCO. The summed E-state index contributed by atoms with van der Waals surface area (Å²) < 4.78 is 4.68. The Bertz CT molecular complexity index is 233. The van der Waals surface area contributed by atoms with Crippen molar-refractivity contribution in [2.75, 3.05) is 13.2 Å². The molecule has 0 spiro atoms. The van der Waals surface area contributed by atoms with E-state index in [1.54, 1.807) is 0 Å². The molecule has 0 saturated carbocycles. The van der Waals surface area contributed by atoms with Crippen LogP contribution in [0, 0.1) is 0 Å². The summed E-state index contributed by atoms with van der Waals surface area (Å²) in [5, 5.41) is 8.50. The van der Waals surface area contributed by atoms with Gasteiger partial charge in [0.15, 0.2) is 5.78 Å². The summed E-state index contributed by atoms with van der Waals surface area (Å²) in [4.78, 5) is 22.1. The Morgan fingerprint density at radius 1 is 1.27 bits per heavy atom. The zero-order valence-corrected chi connectivity index (χ0v) is 9.12. The molecule has 0 aliphatic carbocycles. The van der Waals surface area contributed by atoms with Gasteiger partial charge in [0, 0.05) is 18.6 Å². The summed E-state index contributed by atoms with van der Waals surface area (Å²) in [6.45, 7) is 4.92. The summed E-state index contributed by atoms with van der Waals surface area (Å²) in [6.07, 6.45) is 2.64. The van der Waals surface area contributed by atoms with Gasteiger partial charge in [-0.15, -0.1) is 0 Å². The molecule has 0 aromatic carbocycles. The Morgan fingerprint density at radius 2 is 1.93 bits per heavy atom. The van der Waals surface area contributed by atoms with Crippen LogP contribution in [0.3, 0.4) is 0 Å². The first-order valence-corrected chi connectivity index (χ1v) is 5.03. The molecule has 0 saturated heterocycles. The van der Waals surface area contributed by atoms with Crippen molar-refractivity contribution in [3.05, 3.63) is 12.2 Å². The quantitative estimate of drug-likeness (QED) is 0.375. The average Bonchev–Trinajstić information content (AvgIpc) is 2.20. The van der Waals surface area contributed by atoms with Crippen molar-refractivity contribution in [1.29, 1.82) is 0 Å². The maximum absolute atomic E-state index is 11.2. The monoisotopic (exact) mass is 214 g/mol. The Balaban J connectivity index is 3.49. The highest BCUT2D eigenvalue weighted by molar-refractivity contribution is 5.89. The summed E-state index contributed by atoms with van der Waals surface area (Å²) in [7, 11) is 0. The Labute approximate surface area is 89.9 Å². The van der Waals surface area contributed by atoms with Gasteiger partial charge < -0.3 is 9.84 Å². The van der Waals surface area contributed by atoms with E-state index in [9.17, 15) is 9.59 Å². The molecule has 0 amide bonds. The van der Waals surface area contributed by atoms with Gasteiger partial charge in [0.25, 0.3) is 0 Å². The van der Waals surface area contributed by atoms with Gasteiger partial charge in [-0.1, -0.05) is 13.0 Å². The third-order valence-corrected chi connectivity index (χ3v) is 1.83. The highest BCUT2D eigenvalue weighted by atomic mass is 16.5. The maximum atomic E-state index is 11.2. The molecule has 0 radical (unpaired) electrons. The van der Waals surface area contributed by atoms with E-state index < -0.39 is 5.97 Å². The zero-order valence-electron chi connectivity index (χ0n) is 9.12. The van der Waals surface area contributed by atoms with Gasteiger partial charge in [-0.25, -0.2) is 4.79 Å². The van der Waals surface area contributed by atoms with Crippen LogP contribution in [0.15, 0.2) is 12.2 Å². The summed E-state index contributed by atoms with van der Waals surface area (Å²) >= 11 is 0. The third kappa shape index (κ3) is 7.88. The number of carbonyl (C=O) groups excluding carboxylic acids is 2. The van der Waals surface area contributed by atoms with Crippen LogP contribution in [0.5, 0.6) is 0 Å². The molecular formula is C11H18O4. The fraction of sp³-hybridized carbons (Fsp3) is 0.636. The average molecular weight is 214 g/mol. The van der Waals surface area contributed by atoms with Gasteiger partial charge in [-0.05, 0) is 19.8 Å². The van der Waals surface area contributed by atoms with Crippen LogP contribution in [-0.2, 0) is 14.3 Å². The van der Waals surface area contributed by atoms with Gasteiger partial charge in [-0.3, -0.25) is 4.79 Å². The lowest BCUT2D eigenvalue weighted by atomic mass is 10.1. The number of hydrogen-bond acceptors (Lipinski definition) is 4. The Hall–Kier alpha value is -1.16. The molecule has 4 heteroatoms. The van der Waals surface area contributed by atoms with Crippen molar-refractivity contribution in [3.8, 4) is 0 Å². The van der Waals surface area contributed by atoms with Gasteiger partial charge in [0.1, 0.15) is 6.61 Å². The predicted octanol–water partition coefficient (Wildman–Crippen LogP) is 1.23. The minimum Gasteiger partial charge on any atom is -0.454 e. The highest BCUT2D eigenvalue weighted by Gasteiger charge is 2.07. The van der Waals surface area contributed by atoms with Gasteiger partial charge >= 0.3 is 5.97 Å². The van der Waals surface area contributed by atoms with E-state index in [1.807, 2.05) is 0 Å². The first-order valence-electron chi connectivity index (χ1n) is 5.03. The van der Waals surface area contributed by atoms with Gasteiger partial charge in [-0.2, -0.15) is 0 Å². The molecule has 0 atom stereocenters. The number of hydrogen-bond donors (Lipinski definition) is 1. The van der Waals surface area contributed by atoms with Crippen LogP contribution in [-0.4, -0.2) is 30.1 Å². The molecule has 0 unspecified atom stereocenters. The van der Waals surface area contributed by atoms with Crippen molar-refractivity contribution in [1.82, 2.24) is 0 Å². The van der Waals surface area contributed by atoms with Crippen molar-refractivity contribution < 1.29 is 19.4 Å². The molecule has 0 aliphatic rings. The molecule has 0 bridgehead atoms. The smallest absolute Gasteiger partial charge is 0.333 e. The zero-order chi connectivity index (χ0) is 11.7. The molecule has 0 rings (SSSR count). The van der Waals surface area contributed by atoms with E-state index >= 15 is 0 Å². The van der Waals surface area contributed by atoms with Crippen LogP contribution in [0.4, 0.5) is 0 Å². The number of Topliss-reactive ketones (excluding diaryl/α,β-unsaturated/α-hetero) is 1. The normalized spacial score (nSPS) is 9.73. The summed E-state index contributed by atoms with van der Waals surface area (Å²) in [5.41, 5.74) is 0.295. The Kier molecular flexibility index (Phi) is 7.54. The molecule has 1 N–H and O–H groups in total. The van der Waals surface area contributed by atoms with Crippen LogP contribution in [0.2, 0.25) is 0 Å². The summed E-state index contributed by atoms with van der Waals surface area (Å²) in [6, 6.07) is 0. The van der Waals surface area contributed by atoms with E-state index in [0.29, 0.717) is 18.4 Å². The molecule has 0 aliphatic heterocycles. The van der Waals surface area contributed by atoms with Gasteiger partial charge in [0.05, 0.1) is 0 Å². The number of esters is 1. The van der Waals surface area contributed by atoms with Gasteiger partial charge in [0.2, 0.25) is 0 Å². The van der Waals surface area contributed by atoms with Crippen molar-refractivity contribution in [2.24, 2.45) is 0 Å². The molecule has 4 nitrogen and oxygen atoms in total. The predicted molar refractivity (Wildman–Crippen MR) is 56.3 cm³/mol. The lowest BCUT2D eigenvalue weighted by molar-refractivity contribution is -0.144. The van der Waals surface area contributed by atoms with Crippen molar-refractivity contribution in [3.63, 3.8) is 0 Å². The lowest BCUT2D eigenvalue weighted by Gasteiger charge is -2.03. The van der Waals surface area contributed by atoms with E-state index in [1.165, 1.54) is 6.92 Å². The maximum Gasteiger partial charge on any atom is 0.333 e. The number of aliphatic hydroxyl groups excluding tert-OH is 1. The fourth-order valence-electron chi connectivity index (χ4n) is 0.952. The van der Waals surface area contributed by atoms with E-state index in [2.05, 4.69) is 11.3 Å². The van der Waals surface area contributed by atoms with E-state index in [-0.39, 0.29) is 19.0 Å². The number of ketones is 1. The van der Waals surface area contributed by atoms with Crippen molar-refractivity contribution >= 4 is 11.8 Å². The second-order valence-electron chi connectivity index (χ2n) is 3.43. The molecule has 0 heterocycles. The first-order chi connectivity index (χ1) is 7.07. The third-order valence-electron chi connectivity index (χ3n) is 1.83. The molecule has 0 fully saturated rings. The molecular weight excluding hydrogens is 196 g/mol. The number of rotatable bonds is 8. The minimum atomic E-state index is -0.529. The van der Waals surface area contributed by atoms with Crippen LogP contribution in [0.25, 0.3) is 0 Å². The molecule has 15 heavy (non-hydrogen) atoms. The molecule has 86 valence electrons. The second kappa shape index (κ2) is 8.17. The number of carbonyl (C=O) groups is 2. The number of aliphatic hydroxyl groups is 1. The largest absolute Gasteiger partial charge is 0.454 e. The minimum absolute atomic E-state index is 0.0949. The Morgan fingerprint density at radius 3 is 2.47 bits per heavy atom. The fourth-order valence-corrected chi connectivity index (χ4v) is 0.952. The molecule has 0 aromatic heterocycles. The number of unbranched alkanes of at least 4 members (excludes halogenated alkanes) is 2. The van der Waals surface area contributed by atoms with E-state index in [4.69, 9.17) is 5.11 Å². The molecule has 0 aromatic rings. The topological polar surface area (TPSA) is 63.6 Å². The van der Waals surface area contributed by atoms with Crippen LogP contribution in [0.1, 0.15) is 32.6 Å². The highest BCUT2D eigenvalue weighted by Crippen LogP contribution is 2.01. The number of ether oxygens (including phenoxy) is 1. The lowest BCUT2D eigenvalue weighted by Crippen LogP contribution is -2.13. The van der Waals surface area contributed by atoms with E-state index in [0.717, 1.165) is 12.8 Å². The van der Waals surface area contributed by atoms with Crippen molar-refractivity contribution in [2.45, 2.75) is 32.6 Å². The van der Waals surface area contributed by atoms with Crippen LogP contribution >= 0.6 is 0 Å². The second-order valence-corrected chi connectivity index (χ2v) is 3.43. The summed E-state index contributed by atoms with van der Waals surface area (Å²) in [5.74, 6) is -0.624. The first kappa shape index (κ1) is 13.8. The van der Waals surface area contributed by atoms with Crippen LogP contribution < -0.4 is 0 Å².